The Morgan fingerprint density at radius 3 is 2.08 bits per heavy atom. The van der Waals surface area contributed by atoms with Crippen molar-refractivity contribution in [1.82, 2.24) is 4.98 Å². The van der Waals surface area contributed by atoms with E-state index in [0.29, 0.717) is 0 Å². The van der Waals surface area contributed by atoms with Crippen molar-refractivity contribution < 1.29 is 41.0 Å². The van der Waals surface area contributed by atoms with E-state index in [-0.39, 0.29) is 11.3 Å². The first-order valence-electron chi connectivity index (χ1n) is 6.61. The van der Waals surface area contributed by atoms with Crippen LogP contribution in [0.3, 0.4) is 0 Å². The van der Waals surface area contributed by atoms with E-state index in [0.717, 1.165) is 36.4 Å². The number of hydrogen-bond acceptors (Lipinski definition) is 3. The minimum absolute atomic E-state index is 0.113. The molecule has 1 heterocycles. The van der Waals surface area contributed by atoms with Gasteiger partial charge in [0, 0.05) is 5.56 Å². The van der Waals surface area contributed by atoms with Crippen LogP contribution in [0.4, 0.5) is 26.3 Å². The van der Waals surface area contributed by atoms with Crippen molar-refractivity contribution >= 4 is 5.97 Å². The Hall–Kier alpha value is -2.78. The number of nitrogens with zero attached hydrogens (tertiary/aromatic N) is 1. The molecule has 1 aromatic carbocycles. The highest BCUT2D eigenvalue weighted by Gasteiger charge is 2.36. The van der Waals surface area contributed by atoms with Crippen LogP contribution in [-0.4, -0.2) is 22.4 Å². The fourth-order valence-corrected chi connectivity index (χ4v) is 2.03. The Labute approximate surface area is 136 Å². The van der Waals surface area contributed by atoms with E-state index in [1.165, 1.54) is 0 Å². The first-order chi connectivity index (χ1) is 11.5. The molecule has 10 heteroatoms. The summed E-state index contributed by atoms with van der Waals surface area (Å²) in [6, 6.07) is 6.22. The maximum absolute atomic E-state index is 13.0. The second kappa shape index (κ2) is 6.61. The normalized spacial score (nSPS) is 12.1. The van der Waals surface area contributed by atoms with Gasteiger partial charge < -0.3 is 9.84 Å². The van der Waals surface area contributed by atoms with Crippen LogP contribution in [0.5, 0.6) is 5.75 Å². The first kappa shape index (κ1) is 18.6. The van der Waals surface area contributed by atoms with Gasteiger partial charge in [-0.15, -0.1) is 13.2 Å². The molecule has 134 valence electrons. The van der Waals surface area contributed by atoms with Gasteiger partial charge in [-0.25, -0.2) is 4.98 Å². The van der Waals surface area contributed by atoms with Crippen LogP contribution in [0.25, 0.3) is 11.3 Å². The maximum atomic E-state index is 13.0. The van der Waals surface area contributed by atoms with Gasteiger partial charge in [0.15, 0.2) is 0 Å². The molecule has 0 fully saturated rings. The van der Waals surface area contributed by atoms with Gasteiger partial charge in [-0.1, -0.05) is 6.07 Å². The Morgan fingerprint density at radius 2 is 1.60 bits per heavy atom. The number of carboxylic acid groups (broad SMARTS) is 1. The molecule has 0 radical (unpaired) electrons. The second-order valence-corrected chi connectivity index (χ2v) is 4.84. The van der Waals surface area contributed by atoms with Crippen LogP contribution in [0.15, 0.2) is 36.4 Å². The molecule has 0 saturated carbocycles. The third-order valence-corrected chi connectivity index (χ3v) is 2.97. The maximum Gasteiger partial charge on any atom is 0.573 e. The van der Waals surface area contributed by atoms with E-state index in [1.54, 1.807) is 0 Å². The van der Waals surface area contributed by atoms with Crippen molar-refractivity contribution in [2.45, 2.75) is 19.0 Å². The minimum atomic E-state index is -4.89. The third kappa shape index (κ3) is 5.10. The predicted molar refractivity (Wildman–Crippen MR) is 72.7 cm³/mol. The van der Waals surface area contributed by atoms with Crippen molar-refractivity contribution in [3.8, 4) is 17.0 Å². The zero-order valence-electron chi connectivity index (χ0n) is 12.1. The lowest BCUT2D eigenvalue weighted by Crippen LogP contribution is -2.17. The summed E-state index contributed by atoms with van der Waals surface area (Å²) in [5, 5.41) is 8.67. The van der Waals surface area contributed by atoms with E-state index >= 15 is 0 Å². The molecule has 0 bridgehead atoms. The quantitative estimate of drug-likeness (QED) is 0.821. The fourth-order valence-electron chi connectivity index (χ4n) is 2.03. The number of rotatable bonds is 4. The number of aromatic nitrogens is 1. The Bertz CT molecular complexity index is 768. The Balaban J connectivity index is 2.38. The number of benzene rings is 1. The molecule has 0 unspecified atom stereocenters. The van der Waals surface area contributed by atoms with Crippen molar-refractivity contribution in [3.63, 3.8) is 0 Å². The van der Waals surface area contributed by atoms with Crippen LogP contribution in [0.2, 0.25) is 0 Å². The van der Waals surface area contributed by atoms with E-state index in [9.17, 15) is 31.1 Å². The van der Waals surface area contributed by atoms with Gasteiger partial charge in [0.1, 0.15) is 11.4 Å². The van der Waals surface area contributed by atoms with E-state index in [2.05, 4.69) is 9.72 Å². The molecule has 1 aromatic heterocycles. The van der Waals surface area contributed by atoms with Crippen LogP contribution >= 0.6 is 0 Å². The number of halogens is 6. The lowest BCUT2D eigenvalue weighted by molar-refractivity contribution is -0.274. The van der Waals surface area contributed by atoms with E-state index in [1.807, 2.05) is 0 Å². The summed E-state index contributed by atoms with van der Waals surface area (Å²) in [5.74, 6) is -1.98. The number of aliphatic carboxylic acids is 1. The monoisotopic (exact) mass is 365 g/mol. The summed E-state index contributed by atoms with van der Waals surface area (Å²) in [7, 11) is 0. The van der Waals surface area contributed by atoms with Gasteiger partial charge in [0.2, 0.25) is 0 Å². The van der Waals surface area contributed by atoms with E-state index < -0.39 is 41.9 Å². The number of carboxylic acids is 1. The standard InChI is InChI=1S/C15H9F6NO3/c16-14(17,18)13-9(7-12(23)24)3-6-11(22-13)8-1-4-10(5-2-8)25-15(19,20)21/h1-6H,7H2,(H,23,24). The van der Waals surface area contributed by atoms with Crippen LogP contribution in [-0.2, 0) is 17.4 Å². The molecule has 0 amide bonds. The average Bonchev–Trinajstić information content (AvgIpc) is 2.45. The number of pyridine rings is 1. The molecule has 4 nitrogen and oxygen atoms in total. The van der Waals surface area contributed by atoms with Crippen LogP contribution in [0, 0.1) is 0 Å². The van der Waals surface area contributed by atoms with Crippen molar-refractivity contribution in [2.24, 2.45) is 0 Å². The highest BCUT2D eigenvalue weighted by molar-refractivity contribution is 5.71. The van der Waals surface area contributed by atoms with Crippen molar-refractivity contribution in [3.05, 3.63) is 47.7 Å². The molecule has 0 aliphatic heterocycles. The van der Waals surface area contributed by atoms with Gasteiger partial charge >= 0.3 is 18.5 Å². The fraction of sp³-hybridized carbons (Fsp3) is 0.200. The molecule has 0 atom stereocenters. The van der Waals surface area contributed by atoms with Crippen LogP contribution in [0.1, 0.15) is 11.3 Å². The molecule has 0 saturated heterocycles. The molecule has 2 aromatic rings. The summed E-state index contributed by atoms with van der Waals surface area (Å²) in [6.07, 6.45) is -10.6. The van der Waals surface area contributed by atoms with Crippen molar-refractivity contribution in [2.75, 3.05) is 0 Å². The van der Waals surface area contributed by atoms with Gasteiger partial charge in [-0.2, -0.15) is 13.2 Å². The number of ether oxygens (including phenoxy) is 1. The van der Waals surface area contributed by atoms with Gasteiger partial charge in [-0.3, -0.25) is 4.79 Å². The highest BCUT2D eigenvalue weighted by Crippen LogP contribution is 2.33. The molecular weight excluding hydrogens is 356 g/mol. The highest BCUT2D eigenvalue weighted by atomic mass is 19.4. The topological polar surface area (TPSA) is 59.4 Å². The average molecular weight is 365 g/mol. The van der Waals surface area contributed by atoms with Crippen molar-refractivity contribution in [1.29, 1.82) is 0 Å². The van der Waals surface area contributed by atoms with Gasteiger partial charge in [-0.05, 0) is 35.9 Å². The molecule has 25 heavy (non-hydrogen) atoms. The molecule has 0 spiro atoms. The number of alkyl halides is 6. The predicted octanol–water partition coefficient (Wildman–Crippen LogP) is 4.29. The van der Waals surface area contributed by atoms with Gasteiger partial charge in [0.25, 0.3) is 0 Å². The van der Waals surface area contributed by atoms with Gasteiger partial charge in [0.05, 0.1) is 12.1 Å². The smallest absolute Gasteiger partial charge is 0.481 e. The Kier molecular flexibility index (Phi) is 4.91. The largest absolute Gasteiger partial charge is 0.573 e. The zero-order chi connectivity index (χ0) is 18.8. The molecular formula is C15H9F6NO3. The summed E-state index contributed by atoms with van der Waals surface area (Å²) < 4.78 is 79.1. The summed E-state index contributed by atoms with van der Waals surface area (Å²) in [4.78, 5) is 14.1. The summed E-state index contributed by atoms with van der Waals surface area (Å²) >= 11 is 0. The lowest BCUT2D eigenvalue weighted by atomic mass is 10.1. The lowest BCUT2D eigenvalue weighted by Gasteiger charge is -2.13. The first-order valence-corrected chi connectivity index (χ1v) is 6.61. The van der Waals surface area contributed by atoms with Crippen LogP contribution < -0.4 is 4.74 Å². The zero-order valence-corrected chi connectivity index (χ0v) is 12.1. The SMILES string of the molecule is O=C(O)Cc1ccc(-c2ccc(OC(F)(F)F)cc2)nc1C(F)(F)F. The third-order valence-electron chi connectivity index (χ3n) is 2.97. The summed E-state index contributed by atoms with van der Waals surface area (Å²) in [5.41, 5.74) is -1.93. The second-order valence-electron chi connectivity index (χ2n) is 4.84. The molecule has 1 N–H and O–H groups in total. The van der Waals surface area contributed by atoms with E-state index in [4.69, 9.17) is 5.11 Å². The molecule has 0 aliphatic rings. The number of hydrogen-bond donors (Lipinski definition) is 1. The molecule has 0 aliphatic carbocycles. The Morgan fingerprint density at radius 1 is 1.00 bits per heavy atom. The minimum Gasteiger partial charge on any atom is -0.481 e. The molecule has 2 rings (SSSR count). The number of carbonyl (C=O) groups is 1. The summed E-state index contributed by atoms with van der Waals surface area (Å²) in [6.45, 7) is 0.